The van der Waals surface area contributed by atoms with Gasteiger partial charge >= 0.3 is 0 Å². The van der Waals surface area contributed by atoms with Gasteiger partial charge < -0.3 is 24.4 Å². The number of methoxy groups -OCH3 is 2. The van der Waals surface area contributed by atoms with Crippen LogP contribution in [0.25, 0.3) is 0 Å². The van der Waals surface area contributed by atoms with Crippen molar-refractivity contribution in [1.82, 2.24) is 15.0 Å². The lowest BCUT2D eigenvalue weighted by Gasteiger charge is -2.27. The van der Waals surface area contributed by atoms with E-state index < -0.39 is 0 Å². The second-order valence-corrected chi connectivity index (χ2v) is 7.81. The molecule has 0 unspecified atom stereocenters. The summed E-state index contributed by atoms with van der Waals surface area (Å²) >= 11 is 0. The van der Waals surface area contributed by atoms with Gasteiger partial charge in [0.15, 0.2) is 11.5 Å². The van der Waals surface area contributed by atoms with Gasteiger partial charge in [0.05, 0.1) is 33.6 Å². The summed E-state index contributed by atoms with van der Waals surface area (Å²) in [5.41, 5.74) is 6.95. The van der Waals surface area contributed by atoms with Crippen LogP contribution in [-0.4, -0.2) is 61.7 Å². The lowest BCUT2D eigenvalue weighted by Crippen LogP contribution is -2.37. The molecule has 1 aromatic heterocycles. The lowest BCUT2D eigenvalue weighted by atomic mass is 10.1. The van der Waals surface area contributed by atoms with Crippen molar-refractivity contribution in [3.05, 3.63) is 53.1 Å². The van der Waals surface area contributed by atoms with Gasteiger partial charge in [0.25, 0.3) is 0 Å². The normalized spacial score (nSPS) is 13.3. The third-order valence-electron chi connectivity index (χ3n) is 5.34. The van der Waals surface area contributed by atoms with Crippen molar-refractivity contribution in [1.29, 1.82) is 0 Å². The van der Waals surface area contributed by atoms with E-state index in [-0.39, 0.29) is 12.4 Å². The minimum Gasteiger partial charge on any atom is -0.493 e. The van der Waals surface area contributed by atoms with E-state index in [1.165, 1.54) is 0 Å². The molecule has 0 spiro atoms. The van der Waals surface area contributed by atoms with Crippen molar-refractivity contribution >= 4 is 42.2 Å². The third kappa shape index (κ3) is 6.71. The zero-order chi connectivity index (χ0) is 23.9. The molecule has 1 aliphatic heterocycles. The van der Waals surface area contributed by atoms with Crippen molar-refractivity contribution in [2.24, 2.45) is 5.10 Å². The van der Waals surface area contributed by atoms with Gasteiger partial charge in [-0.3, -0.25) is 0 Å². The van der Waals surface area contributed by atoms with Crippen LogP contribution < -0.4 is 25.1 Å². The minimum absolute atomic E-state index is 0. The predicted molar refractivity (Wildman–Crippen MR) is 140 cm³/mol. The highest BCUT2D eigenvalue weighted by Gasteiger charge is 2.17. The van der Waals surface area contributed by atoms with E-state index >= 15 is 0 Å². The zero-order valence-electron chi connectivity index (χ0n) is 20.2. The second-order valence-electron chi connectivity index (χ2n) is 7.81. The smallest absolute Gasteiger partial charge is 0.250 e. The average molecular weight is 500 g/mol. The Bertz CT molecular complexity index is 1170. The summed E-state index contributed by atoms with van der Waals surface area (Å²) in [7, 11) is 3.20. The predicted octanol–water partition coefficient (Wildman–Crippen LogP) is 3.95. The number of hydrogen-bond donors (Lipinski definition) is 2. The van der Waals surface area contributed by atoms with Crippen LogP contribution in [0, 0.1) is 13.8 Å². The van der Waals surface area contributed by atoms with Crippen LogP contribution >= 0.6 is 12.4 Å². The Morgan fingerprint density at radius 1 is 0.943 bits per heavy atom. The van der Waals surface area contributed by atoms with Crippen molar-refractivity contribution in [2.45, 2.75) is 13.8 Å². The number of halogens is 1. The molecule has 2 aromatic carbocycles. The number of anilines is 4. The average Bonchev–Trinajstić information content (AvgIpc) is 2.86. The molecule has 2 heterocycles. The molecule has 0 amide bonds. The summed E-state index contributed by atoms with van der Waals surface area (Å²) in [6.45, 7) is 6.77. The Hall–Kier alpha value is -3.63. The summed E-state index contributed by atoms with van der Waals surface area (Å²) in [4.78, 5) is 15.8. The summed E-state index contributed by atoms with van der Waals surface area (Å²) in [6, 6.07) is 11.7. The number of nitrogens with zero attached hydrogens (tertiary/aromatic N) is 5. The topological polar surface area (TPSA) is 106 Å². The Kier molecular flexibility index (Phi) is 9.04. The highest BCUT2D eigenvalue weighted by atomic mass is 35.5. The Morgan fingerprint density at radius 2 is 1.69 bits per heavy atom. The monoisotopic (exact) mass is 499 g/mol. The van der Waals surface area contributed by atoms with Crippen molar-refractivity contribution in [2.75, 3.05) is 56.2 Å². The molecule has 10 nitrogen and oxygen atoms in total. The summed E-state index contributed by atoms with van der Waals surface area (Å²) in [5.74, 6) is 2.62. The second kappa shape index (κ2) is 12.2. The molecule has 0 atom stereocenters. The first-order valence-electron chi connectivity index (χ1n) is 11.0. The van der Waals surface area contributed by atoms with E-state index in [1.807, 2.05) is 32.0 Å². The van der Waals surface area contributed by atoms with E-state index in [9.17, 15) is 0 Å². The maximum atomic E-state index is 5.47. The molecule has 11 heteroatoms. The fourth-order valence-corrected chi connectivity index (χ4v) is 3.46. The van der Waals surface area contributed by atoms with Gasteiger partial charge in [0, 0.05) is 18.8 Å². The first-order valence-corrected chi connectivity index (χ1v) is 11.0. The zero-order valence-corrected chi connectivity index (χ0v) is 21.1. The molecule has 0 bridgehead atoms. The fraction of sp³-hybridized carbons (Fsp3) is 0.333. The van der Waals surface area contributed by atoms with Gasteiger partial charge in [0.1, 0.15) is 0 Å². The molecule has 2 N–H and O–H groups in total. The van der Waals surface area contributed by atoms with Crippen LogP contribution in [0.4, 0.5) is 23.5 Å². The number of aromatic nitrogens is 3. The number of hydrazone groups is 1. The standard InChI is InChI=1S/C24H29N7O3.ClH/c1-16-5-6-17(2)19(13-16)26-22-27-23(29-24(28-22)31-9-11-34-12-10-31)30-25-15-18-7-8-20(32-3)21(14-18)33-4;/h5-8,13-15H,9-12H2,1-4H3,(H2,26,27,28,29,30);1H. The van der Waals surface area contributed by atoms with Gasteiger partial charge in [-0.1, -0.05) is 12.1 Å². The molecule has 0 saturated carbocycles. The van der Waals surface area contributed by atoms with Crippen LogP contribution in [-0.2, 0) is 4.74 Å². The summed E-state index contributed by atoms with van der Waals surface area (Å²) in [6.07, 6.45) is 1.66. The molecule has 1 saturated heterocycles. The van der Waals surface area contributed by atoms with E-state index in [2.05, 4.69) is 53.9 Å². The number of ether oxygens (including phenoxy) is 3. The number of morpholine rings is 1. The van der Waals surface area contributed by atoms with Crippen molar-refractivity contribution in [3.8, 4) is 11.5 Å². The van der Waals surface area contributed by atoms with E-state index in [1.54, 1.807) is 20.4 Å². The maximum Gasteiger partial charge on any atom is 0.250 e. The number of benzene rings is 2. The van der Waals surface area contributed by atoms with Crippen LogP contribution in [0.5, 0.6) is 11.5 Å². The molecule has 0 aliphatic carbocycles. The van der Waals surface area contributed by atoms with Crippen LogP contribution in [0.15, 0.2) is 41.5 Å². The molecular formula is C24H30ClN7O3. The molecular weight excluding hydrogens is 470 g/mol. The van der Waals surface area contributed by atoms with Crippen LogP contribution in [0.2, 0.25) is 0 Å². The summed E-state index contributed by atoms with van der Waals surface area (Å²) < 4.78 is 16.1. The number of hydrogen-bond acceptors (Lipinski definition) is 10. The third-order valence-corrected chi connectivity index (χ3v) is 5.34. The van der Waals surface area contributed by atoms with Gasteiger partial charge in [-0.25, -0.2) is 5.43 Å². The SMILES string of the molecule is COc1ccc(C=NNc2nc(Nc3cc(C)ccc3C)nc(N3CCOCC3)n2)cc1OC.Cl. The molecule has 4 rings (SSSR count). The van der Waals surface area contributed by atoms with Crippen LogP contribution in [0.3, 0.4) is 0 Å². The molecule has 1 fully saturated rings. The number of aryl methyl sites for hydroxylation is 2. The number of rotatable bonds is 8. The van der Waals surface area contributed by atoms with Crippen LogP contribution in [0.1, 0.15) is 16.7 Å². The highest BCUT2D eigenvalue weighted by Crippen LogP contribution is 2.27. The summed E-state index contributed by atoms with van der Waals surface area (Å²) in [5, 5.41) is 7.64. The Balaban J connectivity index is 0.00000342. The van der Waals surface area contributed by atoms with Gasteiger partial charge in [-0.05, 0) is 54.8 Å². The van der Waals surface area contributed by atoms with Gasteiger partial charge in [0.2, 0.25) is 17.8 Å². The van der Waals surface area contributed by atoms with E-state index in [0.29, 0.717) is 55.6 Å². The molecule has 1 aliphatic rings. The molecule has 35 heavy (non-hydrogen) atoms. The molecule has 0 radical (unpaired) electrons. The Morgan fingerprint density at radius 3 is 2.43 bits per heavy atom. The largest absolute Gasteiger partial charge is 0.493 e. The molecule has 3 aromatic rings. The highest BCUT2D eigenvalue weighted by molar-refractivity contribution is 5.85. The van der Waals surface area contributed by atoms with E-state index in [0.717, 1.165) is 22.4 Å². The first-order chi connectivity index (χ1) is 16.6. The Labute approximate surface area is 211 Å². The lowest BCUT2D eigenvalue weighted by molar-refractivity contribution is 0.122. The fourth-order valence-electron chi connectivity index (χ4n) is 3.46. The van der Waals surface area contributed by atoms with Gasteiger partial charge in [-0.2, -0.15) is 20.1 Å². The first kappa shape index (κ1) is 26.0. The minimum atomic E-state index is 0. The van der Waals surface area contributed by atoms with E-state index in [4.69, 9.17) is 14.2 Å². The number of nitrogens with one attached hydrogen (secondary N) is 2. The quantitative estimate of drug-likeness (QED) is 0.352. The maximum absolute atomic E-state index is 5.47. The van der Waals surface area contributed by atoms with Crippen molar-refractivity contribution in [3.63, 3.8) is 0 Å². The van der Waals surface area contributed by atoms with Crippen molar-refractivity contribution < 1.29 is 14.2 Å². The van der Waals surface area contributed by atoms with Gasteiger partial charge in [-0.15, -0.1) is 12.4 Å². The molecule has 186 valence electrons.